The SMILES string of the molecule is C[C@@H]1C(=O)N[C@@H](CCCN=C(N)N)C(=O)N[C@@H](Cc2ccc3ccccc3c2)C(=O)NCC(=O)N[C@H](Cc2ccc(O)cc2)C(=O)N1CCCCCCNC(=O)c1ccc(F)cc1. The van der Waals surface area contributed by atoms with Gasteiger partial charge in [-0.1, -0.05) is 67.4 Å². The lowest BCUT2D eigenvalue weighted by Gasteiger charge is -2.33. The number of hydrogen-bond donors (Lipinski definition) is 8. The fourth-order valence-corrected chi connectivity index (χ4v) is 7.25. The summed E-state index contributed by atoms with van der Waals surface area (Å²) >= 11 is 0. The number of unbranched alkanes of at least 4 members (excludes halogenated alkanes) is 3. The number of nitrogens with zero attached hydrogens (tertiary/aromatic N) is 2. The maximum atomic E-state index is 14.6. The minimum absolute atomic E-state index is 0.00452. The lowest BCUT2D eigenvalue weighted by atomic mass is 10.0. The van der Waals surface area contributed by atoms with Gasteiger partial charge in [0.2, 0.25) is 29.5 Å². The minimum atomic E-state index is -1.19. The number of halogens is 1. The summed E-state index contributed by atoms with van der Waals surface area (Å²) in [6.07, 6.45) is 2.76. The number of aromatic hydroxyl groups is 1. The molecule has 334 valence electrons. The number of carbonyl (C=O) groups is 6. The molecular formula is C46H56FN9O7. The molecule has 0 aromatic heterocycles. The molecule has 17 heteroatoms. The van der Waals surface area contributed by atoms with Gasteiger partial charge >= 0.3 is 0 Å². The standard InChI is InChI=1S/C46H56FN9O7/c1-29-41(59)54-37(11-8-23-51-46(48)49)44(62)55-38(27-31-12-15-32-9-4-5-10-34(32)25-31)43(61)52-28-40(58)53-39(26-30-13-20-36(57)21-14-30)45(63)56(29)24-7-3-2-6-22-50-42(60)33-16-18-35(47)19-17-33/h4-5,9-10,12-21,25,29,37-39,57H,2-3,6-8,11,22-24,26-28H2,1H3,(H,50,60)(H,52,61)(H,53,58)(H,54,59)(H,55,62)(H4,48,49,51)/t29-,37+,38+,39-/m1/s1. The van der Waals surface area contributed by atoms with E-state index in [0.29, 0.717) is 43.4 Å². The summed E-state index contributed by atoms with van der Waals surface area (Å²) in [6, 6.07) is 20.1. The van der Waals surface area contributed by atoms with Crippen LogP contribution in [0, 0.1) is 5.82 Å². The monoisotopic (exact) mass is 865 g/mol. The van der Waals surface area contributed by atoms with E-state index in [0.717, 1.165) is 16.3 Å². The zero-order chi connectivity index (χ0) is 45.3. The number of aliphatic imine (C=N–C) groups is 1. The molecule has 63 heavy (non-hydrogen) atoms. The molecule has 0 aliphatic carbocycles. The summed E-state index contributed by atoms with van der Waals surface area (Å²) < 4.78 is 13.3. The third kappa shape index (κ3) is 14.5. The van der Waals surface area contributed by atoms with Crippen LogP contribution in [0.15, 0.2) is 96.0 Å². The van der Waals surface area contributed by atoms with Crippen LogP contribution in [-0.2, 0) is 36.8 Å². The van der Waals surface area contributed by atoms with Crippen LogP contribution in [-0.4, -0.2) is 102 Å². The van der Waals surface area contributed by atoms with Gasteiger partial charge in [0.25, 0.3) is 5.91 Å². The van der Waals surface area contributed by atoms with E-state index in [-0.39, 0.29) is 56.4 Å². The predicted octanol–water partition coefficient (Wildman–Crippen LogP) is 2.32. The minimum Gasteiger partial charge on any atom is -0.508 e. The van der Waals surface area contributed by atoms with E-state index in [4.69, 9.17) is 11.5 Å². The van der Waals surface area contributed by atoms with Crippen molar-refractivity contribution in [3.8, 4) is 5.75 Å². The van der Waals surface area contributed by atoms with Crippen LogP contribution in [0.4, 0.5) is 4.39 Å². The first-order valence-electron chi connectivity index (χ1n) is 21.1. The van der Waals surface area contributed by atoms with Crippen molar-refractivity contribution in [1.82, 2.24) is 31.5 Å². The number of hydrogen-bond acceptors (Lipinski definition) is 8. The van der Waals surface area contributed by atoms with Crippen LogP contribution < -0.4 is 38.1 Å². The Morgan fingerprint density at radius 2 is 1.43 bits per heavy atom. The van der Waals surface area contributed by atoms with Crippen molar-refractivity contribution in [2.24, 2.45) is 16.5 Å². The molecule has 0 spiro atoms. The molecule has 1 heterocycles. The van der Waals surface area contributed by atoms with Crippen molar-refractivity contribution in [2.75, 3.05) is 26.2 Å². The van der Waals surface area contributed by atoms with E-state index in [9.17, 15) is 38.3 Å². The first-order chi connectivity index (χ1) is 30.3. The number of guanidine groups is 1. The highest BCUT2D eigenvalue weighted by atomic mass is 19.1. The van der Waals surface area contributed by atoms with Gasteiger partial charge in [0.05, 0.1) is 6.54 Å². The van der Waals surface area contributed by atoms with Gasteiger partial charge in [-0.25, -0.2) is 4.39 Å². The van der Waals surface area contributed by atoms with Gasteiger partial charge in [-0.2, -0.15) is 0 Å². The van der Waals surface area contributed by atoms with Crippen LogP contribution in [0.5, 0.6) is 5.75 Å². The molecule has 1 aliphatic rings. The molecule has 1 saturated heterocycles. The second kappa shape index (κ2) is 23.3. The second-order valence-corrected chi connectivity index (χ2v) is 15.5. The van der Waals surface area contributed by atoms with E-state index >= 15 is 0 Å². The summed E-state index contributed by atoms with van der Waals surface area (Å²) in [5.74, 6) is -4.10. The highest BCUT2D eigenvalue weighted by Crippen LogP contribution is 2.18. The molecule has 0 bridgehead atoms. The summed E-state index contributed by atoms with van der Waals surface area (Å²) in [7, 11) is 0. The third-order valence-electron chi connectivity index (χ3n) is 10.7. The number of phenolic OH excluding ortho intramolecular Hbond substituents is 1. The molecule has 0 saturated carbocycles. The normalized spacial score (nSPS) is 18.9. The number of nitrogens with one attached hydrogen (secondary N) is 5. The number of carbonyl (C=O) groups excluding carboxylic acids is 6. The van der Waals surface area contributed by atoms with Gasteiger partial charge in [-0.15, -0.1) is 0 Å². The zero-order valence-corrected chi connectivity index (χ0v) is 35.3. The summed E-state index contributed by atoms with van der Waals surface area (Å²) in [5, 5.41) is 25.6. The van der Waals surface area contributed by atoms with Crippen molar-refractivity contribution < 1.29 is 38.3 Å². The van der Waals surface area contributed by atoms with E-state index in [2.05, 4.69) is 31.6 Å². The maximum absolute atomic E-state index is 14.6. The molecule has 1 aliphatic heterocycles. The summed E-state index contributed by atoms with van der Waals surface area (Å²) in [6.45, 7) is 1.64. The van der Waals surface area contributed by atoms with Gasteiger partial charge in [0.1, 0.15) is 35.7 Å². The van der Waals surface area contributed by atoms with Crippen molar-refractivity contribution in [1.29, 1.82) is 0 Å². The van der Waals surface area contributed by atoms with Gasteiger partial charge < -0.3 is 48.1 Å². The molecule has 4 aromatic carbocycles. The number of fused-ring (bicyclic) bond motifs is 1. The van der Waals surface area contributed by atoms with Crippen molar-refractivity contribution in [3.63, 3.8) is 0 Å². The Balaban J connectivity index is 1.37. The molecule has 16 nitrogen and oxygen atoms in total. The zero-order valence-electron chi connectivity index (χ0n) is 35.3. The van der Waals surface area contributed by atoms with E-state index in [1.807, 2.05) is 42.5 Å². The van der Waals surface area contributed by atoms with Gasteiger partial charge in [0.15, 0.2) is 5.96 Å². The van der Waals surface area contributed by atoms with Crippen molar-refractivity contribution in [3.05, 3.63) is 114 Å². The number of rotatable bonds is 16. The van der Waals surface area contributed by atoms with Crippen LogP contribution >= 0.6 is 0 Å². The third-order valence-corrected chi connectivity index (χ3v) is 10.7. The molecule has 4 aromatic rings. The lowest BCUT2D eigenvalue weighted by Crippen LogP contribution is -2.58. The van der Waals surface area contributed by atoms with E-state index < -0.39 is 66.1 Å². The maximum Gasteiger partial charge on any atom is 0.251 e. The average Bonchev–Trinajstić information content (AvgIpc) is 3.27. The first-order valence-corrected chi connectivity index (χ1v) is 21.1. The fraction of sp³-hybridized carbons (Fsp3) is 0.370. The van der Waals surface area contributed by atoms with Gasteiger partial charge in [0, 0.05) is 38.0 Å². The number of amides is 6. The fourth-order valence-electron chi connectivity index (χ4n) is 7.25. The molecule has 6 amide bonds. The molecule has 4 atom stereocenters. The Hall–Kier alpha value is -7.04. The Bertz CT molecular complexity index is 2250. The Kier molecular flexibility index (Phi) is 17.4. The predicted molar refractivity (Wildman–Crippen MR) is 237 cm³/mol. The van der Waals surface area contributed by atoms with Crippen LogP contribution in [0.2, 0.25) is 0 Å². The summed E-state index contributed by atoms with van der Waals surface area (Å²) in [4.78, 5) is 88.1. The molecule has 0 unspecified atom stereocenters. The van der Waals surface area contributed by atoms with Crippen molar-refractivity contribution >= 4 is 52.2 Å². The van der Waals surface area contributed by atoms with Crippen LogP contribution in [0.25, 0.3) is 10.8 Å². The van der Waals surface area contributed by atoms with Gasteiger partial charge in [-0.05, 0) is 90.9 Å². The molecular weight excluding hydrogens is 810 g/mol. The Labute approximate surface area is 365 Å². The molecule has 5 rings (SSSR count). The largest absolute Gasteiger partial charge is 0.508 e. The Morgan fingerprint density at radius 1 is 0.762 bits per heavy atom. The van der Waals surface area contributed by atoms with Crippen LogP contribution in [0.1, 0.15) is 66.9 Å². The topological polar surface area (TPSA) is 250 Å². The number of phenols is 1. The number of benzene rings is 4. The Morgan fingerprint density at radius 3 is 2.16 bits per heavy atom. The molecule has 0 radical (unpaired) electrons. The quantitative estimate of drug-likeness (QED) is 0.0467. The second-order valence-electron chi connectivity index (χ2n) is 15.5. The number of nitrogens with two attached hydrogens (primary N) is 2. The van der Waals surface area contributed by atoms with Crippen molar-refractivity contribution in [2.45, 2.75) is 82.5 Å². The van der Waals surface area contributed by atoms with E-state index in [1.54, 1.807) is 12.1 Å². The van der Waals surface area contributed by atoms with Crippen LogP contribution in [0.3, 0.4) is 0 Å². The molecule has 1 fully saturated rings. The highest BCUT2D eigenvalue weighted by Gasteiger charge is 2.35. The smallest absolute Gasteiger partial charge is 0.251 e. The van der Waals surface area contributed by atoms with Gasteiger partial charge in [-0.3, -0.25) is 33.8 Å². The average molecular weight is 866 g/mol. The van der Waals surface area contributed by atoms with E-state index in [1.165, 1.54) is 48.2 Å². The summed E-state index contributed by atoms with van der Waals surface area (Å²) in [5.41, 5.74) is 12.7. The highest BCUT2D eigenvalue weighted by molar-refractivity contribution is 5.97. The first kappa shape index (κ1) is 47.0. The lowest BCUT2D eigenvalue weighted by molar-refractivity contribution is -0.143. The molecule has 10 N–H and O–H groups in total.